The summed E-state index contributed by atoms with van der Waals surface area (Å²) in [6.45, 7) is 0. The first-order valence-corrected chi connectivity index (χ1v) is 7.85. The molecule has 0 spiro atoms. The number of halogens is 3. The SMILES string of the molecule is O=C(O)c1ccc(S(=O)(=O)Cc2c(F)ccc(Br)c2F)o1. The van der Waals surface area contributed by atoms with Gasteiger partial charge in [0.1, 0.15) is 11.6 Å². The summed E-state index contributed by atoms with van der Waals surface area (Å²) in [6, 6.07) is 3.90. The minimum absolute atomic E-state index is 0.0835. The molecule has 0 radical (unpaired) electrons. The maximum Gasteiger partial charge on any atom is 0.371 e. The first-order valence-electron chi connectivity index (χ1n) is 5.40. The van der Waals surface area contributed by atoms with Gasteiger partial charge in [0.05, 0.1) is 10.2 Å². The van der Waals surface area contributed by atoms with E-state index in [-0.39, 0.29) is 4.47 Å². The predicted molar refractivity (Wildman–Crippen MR) is 70.6 cm³/mol. The quantitative estimate of drug-likeness (QED) is 0.824. The van der Waals surface area contributed by atoms with E-state index in [1.165, 1.54) is 0 Å². The monoisotopic (exact) mass is 380 g/mol. The highest BCUT2D eigenvalue weighted by Crippen LogP contribution is 2.26. The topological polar surface area (TPSA) is 84.6 Å². The molecular formula is C12H7BrF2O5S. The van der Waals surface area contributed by atoms with Crippen LogP contribution in [0.15, 0.2) is 38.2 Å². The van der Waals surface area contributed by atoms with Crippen molar-refractivity contribution in [2.24, 2.45) is 0 Å². The van der Waals surface area contributed by atoms with E-state index in [1.807, 2.05) is 0 Å². The van der Waals surface area contributed by atoms with E-state index in [2.05, 4.69) is 20.3 Å². The van der Waals surface area contributed by atoms with Crippen molar-refractivity contribution in [1.29, 1.82) is 0 Å². The number of carbonyl (C=O) groups is 1. The molecule has 1 N–H and O–H groups in total. The number of sulfone groups is 1. The Kier molecular flexibility index (Phi) is 4.15. The molecule has 2 rings (SSSR count). The fraction of sp³-hybridized carbons (Fsp3) is 0.0833. The number of carboxylic acids is 1. The predicted octanol–water partition coefficient (Wildman–Crippen LogP) is 2.99. The molecule has 0 atom stereocenters. The highest BCUT2D eigenvalue weighted by molar-refractivity contribution is 9.10. The maximum absolute atomic E-state index is 13.8. The van der Waals surface area contributed by atoms with Crippen LogP contribution in [0.4, 0.5) is 8.78 Å². The summed E-state index contributed by atoms with van der Waals surface area (Å²) in [5.41, 5.74) is -0.655. The van der Waals surface area contributed by atoms with E-state index in [0.717, 1.165) is 24.3 Å². The van der Waals surface area contributed by atoms with Crippen LogP contribution in [-0.2, 0) is 15.6 Å². The highest BCUT2D eigenvalue weighted by atomic mass is 79.9. The molecule has 21 heavy (non-hydrogen) atoms. The summed E-state index contributed by atoms with van der Waals surface area (Å²) in [5, 5.41) is 8.00. The number of aromatic carboxylic acids is 1. The molecule has 1 aromatic carbocycles. The van der Waals surface area contributed by atoms with Crippen molar-refractivity contribution in [2.45, 2.75) is 10.8 Å². The number of rotatable bonds is 4. The molecule has 0 saturated heterocycles. The van der Waals surface area contributed by atoms with E-state index in [9.17, 15) is 22.0 Å². The van der Waals surface area contributed by atoms with Crippen molar-refractivity contribution < 1.29 is 31.5 Å². The lowest BCUT2D eigenvalue weighted by atomic mass is 10.2. The number of furan rings is 1. The van der Waals surface area contributed by atoms with Crippen LogP contribution < -0.4 is 0 Å². The van der Waals surface area contributed by atoms with Gasteiger partial charge in [-0.1, -0.05) is 0 Å². The molecule has 1 heterocycles. The van der Waals surface area contributed by atoms with E-state index in [1.54, 1.807) is 0 Å². The van der Waals surface area contributed by atoms with Gasteiger partial charge in [0.2, 0.25) is 20.7 Å². The Hall–Kier alpha value is -1.74. The van der Waals surface area contributed by atoms with E-state index >= 15 is 0 Å². The smallest absolute Gasteiger partial charge is 0.371 e. The third kappa shape index (κ3) is 3.13. The van der Waals surface area contributed by atoms with Crippen LogP contribution in [0.25, 0.3) is 0 Å². The van der Waals surface area contributed by atoms with Crippen LogP contribution in [0.3, 0.4) is 0 Å². The summed E-state index contributed by atoms with van der Waals surface area (Å²) in [5.74, 6) is -5.08. The molecule has 5 nitrogen and oxygen atoms in total. The van der Waals surface area contributed by atoms with Crippen LogP contribution in [0.2, 0.25) is 0 Å². The molecule has 0 bridgehead atoms. The van der Waals surface area contributed by atoms with Gasteiger partial charge in [-0.05, 0) is 40.2 Å². The number of hydrogen-bond acceptors (Lipinski definition) is 4. The molecule has 0 amide bonds. The van der Waals surface area contributed by atoms with Gasteiger partial charge in [-0.15, -0.1) is 0 Å². The summed E-state index contributed by atoms with van der Waals surface area (Å²) in [7, 11) is -4.22. The molecule has 2 aromatic rings. The maximum atomic E-state index is 13.8. The van der Waals surface area contributed by atoms with E-state index in [0.29, 0.717) is 0 Å². The molecule has 1 aromatic heterocycles. The van der Waals surface area contributed by atoms with Crippen molar-refractivity contribution in [3.63, 3.8) is 0 Å². The summed E-state index contributed by atoms with van der Waals surface area (Å²) < 4.78 is 55.9. The first-order chi connectivity index (χ1) is 9.72. The Labute approximate surface area is 126 Å². The lowest BCUT2D eigenvalue weighted by molar-refractivity contribution is 0.0656. The lowest BCUT2D eigenvalue weighted by Gasteiger charge is -2.06. The fourth-order valence-electron chi connectivity index (χ4n) is 1.56. The standard InChI is InChI=1S/C12H7BrF2O5S/c13-7-1-2-8(14)6(11(7)15)5-21(18,19)10-4-3-9(20-10)12(16)17/h1-4H,5H2,(H,16,17). The Morgan fingerprint density at radius 2 is 1.90 bits per heavy atom. The number of hydrogen-bond donors (Lipinski definition) is 1. The second-order valence-electron chi connectivity index (χ2n) is 4.00. The largest absolute Gasteiger partial charge is 0.475 e. The van der Waals surface area contributed by atoms with Gasteiger partial charge in [-0.2, -0.15) is 0 Å². The third-order valence-corrected chi connectivity index (χ3v) is 4.69. The normalized spacial score (nSPS) is 11.6. The van der Waals surface area contributed by atoms with Crippen LogP contribution in [0.5, 0.6) is 0 Å². The van der Waals surface area contributed by atoms with Gasteiger partial charge >= 0.3 is 5.97 Å². The molecule has 0 fully saturated rings. The molecule has 112 valence electrons. The van der Waals surface area contributed by atoms with Crippen molar-refractivity contribution in [1.82, 2.24) is 0 Å². The lowest BCUT2D eigenvalue weighted by Crippen LogP contribution is -2.08. The molecule has 0 aliphatic heterocycles. The van der Waals surface area contributed by atoms with Crippen molar-refractivity contribution in [3.05, 3.63) is 51.7 Å². The van der Waals surface area contributed by atoms with Crippen LogP contribution in [0.1, 0.15) is 16.1 Å². The molecule has 0 aliphatic rings. The Balaban J connectivity index is 2.42. The molecule has 0 saturated carbocycles. The van der Waals surface area contributed by atoms with Gasteiger partial charge in [0.15, 0.2) is 0 Å². The van der Waals surface area contributed by atoms with Crippen molar-refractivity contribution in [2.75, 3.05) is 0 Å². The Bertz CT molecular complexity index is 813. The Morgan fingerprint density at radius 3 is 2.48 bits per heavy atom. The Morgan fingerprint density at radius 1 is 1.24 bits per heavy atom. The van der Waals surface area contributed by atoms with Crippen LogP contribution in [-0.4, -0.2) is 19.5 Å². The number of carboxylic acid groups (broad SMARTS) is 1. The summed E-state index contributed by atoms with van der Waals surface area (Å²) >= 11 is 2.83. The molecule has 0 aliphatic carbocycles. The van der Waals surface area contributed by atoms with Crippen molar-refractivity contribution in [3.8, 4) is 0 Å². The average molecular weight is 381 g/mol. The minimum Gasteiger partial charge on any atom is -0.475 e. The van der Waals surface area contributed by atoms with Gasteiger partial charge in [0, 0.05) is 5.56 Å². The zero-order valence-corrected chi connectivity index (χ0v) is 12.5. The van der Waals surface area contributed by atoms with Crippen LogP contribution >= 0.6 is 15.9 Å². The van der Waals surface area contributed by atoms with E-state index < -0.39 is 49.6 Å². The summed E-state index contributed by atoms with van der Waals surface area (Å²) in [4.78, 5) is 10.6. The second kappa shape index (κ2) is 5.57. The van der Waals surface area contributed by atoms with E-state index in [4.69, 9.17) is 5.11 Å². The van der Waals surface area contributed by atoms with Gasteiger partial charge in [-0.3, -0.25) is 0 Å². The van der Waals surface area contributed by atoms with Gasteiger partial charge in [0.25, 0.3) is 0 Å². The summed E-state index contributed by atoms with van der Waals surface area (Å²) in [6.07, 6.45) is 0. The molecule has 9 heteroatoms. The zero-order valence-electron chi connectivity index (χ0n) is 10.1. The molecular weight excluding hydrogens is 374 g/mol. The average Bonchev–Trinajstić information content (AvgIpc) is 2.90. The fourth-order valence-corrected chi connectivity index (χ4v) is 3.22. The second-order valence-corrected chi connectivity index (χ2v) is 6.78. The first kappa shape index (κ1) is 15.6. The third-order valence-electron chi connectivity index (χ3n) is 2.57. The van der Waals surface area contributed by atoms with Gasteiger partial charge < -0.3 is 9.52 Å². The zero-order chi connectivity index (χ0) is 15.8. The number of benzene rings is 1. The van der Waals surface area contributed by atoms with Crippen molar-refractivity contribution >= 4 is 31.7 Å². The van der Waals surface area contributed by atoms with Gasteiger partial charge in [-0.25, -0.2) is 22.0 Å². The molecule has 0 unspecified atom stereocenters. The highest BCUT2D eigenvalue weighted by Gasteiger charge is 2.25. The van der Waals surface area contributed by atoms with Crippen LogP contribution in [0, 0.1) is 11.6 Å². The minimum atomic E-state index is -4.22.